The van der Waals surface area contributed by atoms with Gasteiger partial charge in [0.25, 0.3) is 0 Å². The molecule has 0 nitrogen and oxygen atoms in total. The second-order valence-corrected chi connectivity index (χ2v) is 5.13. The molecule has 1 unspecified atom stereocenters. The normalized spacial score (nSPS) is 24.8. The highest BCUT2D eigenvalue weighted by atomic mass is 32.1. The first kappa shape index (κ1) is 9.72. The number of rotatable bonds is 1. The molecular weight excluding hydrogens is 188 g/mol. The van der Waals surface area contributed by atoms with E-state index in [9.17, 15) is 0 Å². The minimum Gasteiger partial charge on any atom is -0.144 e. The topological polar surface area (TPSA) is 0 Å². The van der Waals surface area contributed by atoms with E-state index in [2.05, 4.69) is 50.5 Å². The lowest BCUT2D eigenvalue weighted by Crippen LogP contribution is -2.05. The van der Waals surface area contributed by atoms with Crippen molar-refractivity contribution in [3.63, 3.8) is 0 Å². The molecule has 14 heavy (non-hydrogen) atoms. The van der Waals surface area contributed by atoms with Crippen molar-refractivity contribution in [3.8, 4) is 0 Å². The predicted molar refractivity (Wildman–Crippen MR) is 65.5 cm³/mol. The van der Waals surface area contributed by atoms with Gasteiger partial charge < -0.3 is 0 Å². The molecule has 0 bridgehead atoms. The number of hydrogen-bond donors (Lipinski definition) is 0. The molecule has 74 valence electrons. The molecule has 1 aromatic heterocycles. The van der Waals surface area contributed by atoms with Crippen molar-refractivity contribution >= 4 is 23.5 Å². The van der Waals surface area contributed by atoms with Gasteiger partial charge in [0.05, 0.1) is 0 Å². The number of allylic oxidation sites excluding steroid dienone is 2. The highest BCUT2D eigenvalue weighted by molar-refractivity contribution is 7.11. The van der Waals surface area contributed by atoms with Crippen LogP contribution in [0.5, 0.6) is 0 Å². The fraction of sp³-hybridized carbons (Fsp3) is 0.385. The SMILES string of the molecule is CCC1(C)C=Cc2scc(C)c2C=C1. The highest BCUT2D eigenvalue weighted by Gasteiger charge is 2.17. The van der Waals surface area contributed by atoms with Crippen LogP contribution in [0.4, 0.5) is 0 Å². The van der Waals surface area contributed by atoms with Gasteiger partial charge in [-0.15, -0.1) is 11.3 Å². The minimum absolute atomic E-state index is 0.241. The van der Waals surface area contributed by atoms with E-state index in [0.29, 0.717) is 0 Å². The van der Waals surface area contributed by atoms with E-state index in [-0.39, 0.29) is 5.41 Å². The van der Waals surface area contributed by atoms with E-state index in [1.165, 1.54) is 16.0 Å². The lowest BCUT2D eigenvalue weighted by atomic mass is 9.87. The van der Waals surface area contributed by atoms with Crippen molar-refractivity contribution in [2.75, 3.05) is 0 Å². The zero-order chi connectivity index (χ0) is 10.2. The Balaban J connectivity index is 2.48. The summed E-state index contributed by atoms with van der Waals surface area (Å²) in [5.74, 6) is 0. The molecule has 0 saturated carbocycles. The van der Waals surface area contributed by atoms with Crippen LogP contribution in [0.1, 0.15) is 36.3 Å². The predicted octanol–water partition coefficient (Wildman–Crippen LogP) is 4.51. The molecule has 1 heterocycles. The van der Waals surface area contributed by atoms with Gasteiger partial charge in [0, 0.05) is 10.3 Å². The monoisotopic (exact) mass is 204 g/mol. The first-order chi connectivity index (χ1) is 6.64. The Morgan fingerprint density at radius 2 is 2.00 bits per heavy atom. The van der Waals surface area contributed by atoms with Crippen LogP contribution in [-0.4, -0.2) is 0 Å². The average Bonchev–Trinajstić information content (AvgIpc) is 2.44. The Labute approximate surface area is 90.0 Å². The van der Waals surface area contributed by atoms with Crippen LogP contribution in [0.15, 0.2) is 17.5 Å². The Kier molecular flexibility index (Phi) is 2.36. The summed E-state index contributed by atoms with van der Waals surface area (Å²) in [6.07, 6.45) is 10.4. The molecule has 0 aromatic carbocycles. The molecular formula is C13H16S. The summed E-state index contributed by atoms with van der Waals surface area (Å²) in [6, 6.07) is 0. The van der Waals surface area contributed by atoms with E-state index in [4.69, 9.17) is 0 Å². The molecule has 0 radical (unpaired) electrons. The van der Waals surface area contributed by atoms with Gasteiger partial charge >= 0.3 is 0 Å². The van der Waals surface area contributed by atoms with Gasteiger partial charge in [-0.25, -0.2) is 0 Å². The van der Waals surface area contributed by atoms with Gasteiger partial charge in [0.1, 0.15) is 0 Å². The Morgan fingerprint density at radius 1 is 1.29 bits per heavy atom. The fourth-order valence-electron chi connectivity index (χ4n) is 1.65. The maximum Gasteiger partial charge on any atom is 0.0342 e. The average molecular weight is 204 g/mol. The molecule has 1 aliphatic carbocycles. The van der Waals surface area contributed by atoms with Crippen LogP contribution in [0.2, 0.25) is 0 Å². The number of hydrogen-bond acceptors (Lipinski definition) is 1. The largest absolute Gasteiger partial charge is 0.144 e. The van der Waals surface area contributed by atoms with E-state index in [1.54, 1.807) is 0 Å². The van der Waals surface area contributed by atoms with Gasteiger partial charge in [-0.05, 0) is 35.9 Å². The first-order valence-corrected chi connectivity index (χ1v) is 5.99. The molecule has 0 spiro atoms. The van der Waals surface area contributed by atoms with Gasteiger partial charge in [-0.3, -0.25) is 0 Å². The third kappa shape index (κ3) is 1.57. The fourth-order valence-corrected chi connectivity index (χ4v) is 2.58. The second-order valence-electron chi connectivity index (χ2n) is 4.22. The molecule has 0 amide bonds. The summed E-state index contributed by atoms with van der Waals surface area (Å²) in [7, 11) is 0. The molecule has 0 N–H and O–H groups in total. The van der Waals surface area contributed by atoms with Crippen LogP contribution in [0.25, 0.3) is 12.2 Å². The van der Waals surface area contributed by atoms with Crippen LogP contribution in [-0.2, 0) is 0 Å². The Morgan fingerprint density at radius 3 is 2.71 bits per heavy atom. The quantitative estimate of drug-likeness (QED) is 0.631. The van der Waals surface area contributed by atoms with Crippen molar-refractivity contribution in [1.82, 2.24) is 0 Å². The summed E-state index contributed by atoms with van der Waals surface area (Å²) >= 11 is 1.84. The van der Waals surface area contributed by atoms with E-state index < -0.39 is 0 Å². The molecule has 1 heteroatoms. The summed E-state index contributed by atoms with van der Waals surface area (Å²) in [5, 5.41) is 2.23. The Hall–Kier alpha value is -0.820. The van der Waals surface area contributed by atoms with Crippen molar-refractivity contribution in [2.45, 2.75) is 27.2 Å². The summed E-state index contributed by atoms with van der Waals surface area (Å²) in [6.45, 7) is 6.70. The number of thiophene rings is 1. The smallest absolute Gasteiger partial charge is 0.0342 e. The van der Waals surface area contributed by atoms with E-state index >= 15 is 0 Å². The standard InChI is InChI=1S/C13H16S/c1-4-13(3)7-5-11-10(2)9-14-12(11)6-8-13/h5-9H,4H2,1-3H3. The second kappa shape index (κ2) is 3.39. The highest BCUT2D eigenvalue weighted by Crippen LogP contribution is 2.34. The lowest BCUT2D eigenvalue weighted by molar-refractivity contribution is 0.536. The molecule has 2 rings (SSSR count). The zero-order valence-electron chi connectivity index (χ0n) is 9.00. The van der Waals surface area contributed by atoms with Gasteiger partial charge in [0.15, 0.2) is 0 Å². The molecule has 0 saturated heterocycles. The van der Waals surface area contributed by atoms with Crippen molar-refractivity contribution in [1.29, 1.82) is 0 Å². The summed E-state index contributed by atoms with van der Waals surface area (Å²) in [5.41, 5.74) is 3.04. The number of aryl methyl sites for hydroxylation is 1. The van der Waals surface area contributed by atoms with Crippen LogP contribution in [0.3, 0.4) is 0 Å². The summed E-state index contributed by atoms with van der Waals surface area (Å²) < 4.78 is 0. The lowest BCUT2D eigenvalue weighted by Gasteiger charge is -2.17. The van der Waals surface area contributed by atoms with E-state index in [1.807, 2.05) is 11.3 Å². The van der Waals surface area contributed by atoms with E-state index in [0.717, 1.165) is 6.42 Å². The third-order valence-electron chi connectivity index (χ3n) is 3.06. The van der Waals surface area contributed by atoms with Crippen molar-refractivity contribution in [2.24, 2.45) is 5.41 Å². The number of fused-ring (bicyclic) bond motifs is 1. The molecule has 1 aliphatic rings. The molecule has 1 atom stereocenters. The zero-order valence-corrected chi connectivity index (χ0v) is 9.82. The first-order valence-electron chi connectivity index (χ1n) is 5.11. The minimum atomic E-state index is 0.241. The van der Waals surface area contributed by atoms with Gasteiger partial charge in [-0.1, -0.05) is 32.1 Å². The molecule has 1 aromatic rings. The molecule has 0 fully saturated rings. The maximum atomic E-state index is 2.33. The van der Waals surface area contributed by atoms with Crippen LogP contribution < -0.4 is 0 Å². The van der Waals surface area contributed by atoms with Crippen molar-refractivity contribution < 1.29 is 0 Å². The third-order valence-corrected chi connectivity index (χ3v) is 4.14. The van der Waals surface area contributed by atoms with Gasteiger partial charge in [0.2, 0.25) is 0 Å². The summed E-state index contributed by atoms with van der Waals surface area (Å²) in [4.78, 5) is 1.40. The molecule has 0 aliphatic heterocycles. The van der Waals surface area contributed by atoms with Gasteiger partial charge in [-0.2, -0.15) is 0 Å². The van der Waals surface area contributed by atoms with Crippen LogP contribution >= 0.6 is 11.3 Å². The maximum absolute atomic E-state index is 2.33. The Bertz CT molecular complexity index is 395. The van der Waals surface area contributed by atoms with Crippen molar-refractivity contribution in [3.05, 3.63) is 33.5 Å². The van der Waals surface area contributed by atoms with Crippen LogP contribution in [0, 0.1) is 12.3 Å².